The predicted molar refractivity (Wildman–Crippen MR) is 136 cm³/mol. The van der Waals surface area contributed by atoms with Crippen molar-refractivity contribution in [2.75, 3.05) is 40.0 Å². The lowest BCUT2D eigenvalue weighted by molar-refractivity contribution is 0.0224. The van der Waals surface area contributed by atoms with Crippen LogP contribution in [0.15, 0.2) is 48.5 Å². The molecule has 3 saturated heterocycles. The lowest BCUT2D eigenvalue weighted by Crippen LogP contribution is -2.67. The minimum absolute atomic E-state index is 0.0913. The molecule has 34 heavy (non-hydrogen) atoms. The van der Waals surface area contributed by atoms with Gasteiger partial charge < -0.3 is 25.0 Å². The first kappa shape index (κ1) is 24.6. The molecule has 2 bridgehead atoms. The number of amides is 2. The largest absolute Gasteiger partial charge is 0.494 e. The summed E-state index contributed by atoms with van der Waals surface area (Å²) in [5, 5.41) is 6.51. The molecule has 1 unspecified atom stereocenters. The van der Waals surface area contributed by atoms with Crippen LogP contribution in [0.4, 0.5) is 4.79 Å². The molecule has 0 saturated carbocycles. The van der Waals surface area contributed by atoms with E-state index in [1.165, 1.54) is 12.8 Å². The van der Waals surface area contributed by atoms with Gasteiger partial charge in [-0.3, -0.25) is 0 Å². The highest BCUT2D eigenvalue weighted by molar-refractivity contribution is 5.76. The van der Waals surface area contributed by atoms with Crippen LogP contribution in [0.2, 0.25) is 0 Å². The number of methoxy groups -OCH3 is 1. The molecule has 3 fully saturated rings. The van der Waals surface area contributed by atoms with Crippen molar-refractivity contribution in [1.82, 2.24) is 15.5 Å². The Morgan fingerprint density at radius 1 is 1.03 bits per heavy atom. The van der Waals surface area contributed by atoms with Crippen LogP contribution in [0.3, 0.4) is 0 Å². The van der Waals surface area contributed by atoms with Gasteiger partial charge in [-0.2, -0.15) is 0 Å². The molecule has 6 nitrogen and oxygen atoms in total. The summed E-state index contributed by atoms with van der Waals surface area (Å²) in [5.41, 5.74) is 2.71. The molecule has 3 aliphatic rings. The van der Waals surface area contributed by atoms with Crippen LogP contribution in [-0.2, 0) is 10.3 Å². The van der Waals surface area contributed by atoms with E-state index >= 15 is 0 Å². The van der Waals surface area contributed by atoms with Crippen molar-refractivity contribution in [2.45, 2.75) is 51.1 Å². The van der Waals surface area contributed by atoms with E-state index in [0.29, 0.717) is 19.1 Å². The highest BCUT2D eigenvalue weighted by Crippen LogP contribution is 2.35. The predicted octanol–water partition coefficient (Wildman–Crippen LogP) is 4.79. The smallest absolute Gasteiger partial charge is 0.315 e. The van der Waals surface area contributed by atoms with E-state index in [1.807, 2.05) is 12.1 Å². The Morgan fingerprint density at radius 3 is 2.21 bits per heavy atom. The van der Waals surface area contributed by atoms with Crippen molar-refractivity contribution in [3.05, 3.63) is 54.1 Å². The maximum Gasteiger partial charge on any atom is 0.315 e. The summed E-state index contributed by atoms with van der Waals surface area (Å²) < 4.78 is 10.8. The third-order valence-electron chi connectivity index (χ3n) is 7.42. The number of hydrogen-bond acceptors (Lipinski definition) is 4. The standard InChI is InChI=1S/C28H39N3O3/c1-27(2,29-26(32)30-28(3)20-31-16-14-24(28)15-17-31)23-10-6-21(7-11-23)22-8-12-25(13-9-22)34-19-5-18-33-4/h6-13,24H,5,14-20H2,1-4H3,(H2,29,30,32). The number of hydrogen-bond donors (Lipinski definition) is 2. The summed E-state index contributed by atoms with van der Waals surface area (Å²) in [6, 6.07) is 16.5. The second kappa shape index (κ2) is 10.4. The topological polar surface area (TPSA) is 62.8 Å². The molecule has 184 valence electrons. The first-order chi connectivity index (χ1) is 16.3. The Bertz CT molecular complexity index is 950. The van der Waals surface area contributed by atoms with Crippen molar-refractivity contribution >= 4 is 6.03 Å². The van der Waals surface area contributed by atoms with Gasteiger partial charge in [-0.1, -0.05) is 36.4 Å². The van der Waals surface area contributed by atoms with Crippen molar-refractivity contribution in [3.8, 4) is 16.9 Å². The van der Waals surface area contributed by atoms with E-state index < -0.39 is 5.54 Å². The van der Waals surface area contributed by atoms with Crippen LogP contribution in [-0.4, -0.2) is 56.4 Å². The van der Waals surface area contributed by atoms with Gasteiger partial charge in [0.2, 0.25) is 0 Å². The maximum absolute atomic E-state index is 13.0. The number of piperidine rings is 3. The molecule has 0 radical (unpaired) electrons. The molecular weight excluding hydrogens is 426 g/mol. The van der Waals surface area contributed by atoms with Crippen molar-refractivity contribution in [1.29, 1.82) is 0 Å². The van der Waals surface area contributed by atoms with E-state index in [2.05, 4.69) is 72.7 Å². The molecule has 0 aromatic heterocycles. The lowest BCUT2D eigenvalue weighted by atomic mass is 9.74. The number of rotatable bonds is 9. The van der Waals surface area contributed by atoms with Crippen LogP contribution >= 0.6 is 0 Å². The molecule has 0 spiro atoms. The Kier molecular flexibility index (Phi) is 7.48. The molecule has 2 amide bonds. The van der Waals surface area contributed by atoms with Crippen LogP contribution in [0.5, 0.6) is 5.75 Å². The monoisotopic (exact) mass is 465 g/mol. The zero-order valence-corrected chi connectivity index (χ0v) is 21.0. The summed E-state index contributed by atoms with van der Waals surface area (Å²) in [6.07, 6.45) is 3.21. The van der Waals surface area contributed by atoms with Gasteiger partial charge in [0.15, 0.2) is 0 Å². The molecule has 2 aromatic carbocycles. The summed E-state index contributed by atoms with van der Waals surface area (Å²) in [7, 11) is 1.70. The van der Waals surface area contributed by atoms with E-state index in [0.717, 1.165) is 48.5 Å². The van der Waals surface area contributed by atoms with Crippen LogP contribution in [0, 0.1) is 5.92 Å². The van der Waals surface area contributed by atoms with Gasteiger partial charge in [-0.15, -0.1) is 0 Å². The van der Waals surface area contributed by atoms with Gasteiger partial charge in [-0.25, -0.2) is 4.79 Å². The molecule has 1 atom stereocenters. The molecular formula is C28H39N3O3. The fourth-order valence-electron chi connectivity index (χ4n) is 5.33. The van der Waals surface area contributed by atoms with E-state index in [-0.39, 0.29) is 11.6 Å². The number of benzene rings is 2. The number of carbonyl (C=O) groups excluding carboxylic acids is 1. The number of urea groups is 1. The quantitative estimate of drug-likeness (QED) is 0.523. The average molecular weight is 466 g/mol. The molecule has 2 aromatic rings. The first-order valence-corrected chi connectivity index (χ1v) is 12.4. The number of carbonyl (C=O) groups is 1. The van der Waals surface area contributed by atoms with E-state index in [4.69, 9.17) is 9.47 Å². The second-order valence-electron chi connectivity index (χ2n) is 10.5. The van der Waals surface area contributed by atoms with E-state index in [1.54, 1.807) is 7.11 Å². The summed E-state index contributed by atoms with van der Waals surface area (Å²) in [4.78, 5) is 15.4. The molecule has 3 aliphatic heterocycles. The zero-order valence-electron chi connectivity index (χ0n) is 21.0. The summed E-state index contributed by atoms with van der Waals surface area (Å²) in [5.74, 6) is 1.43. The Morgan fingerprint density at radius 2 is 1.65 bits per heavy atom. The molecule has 3 heterocycles. The SMILES string of the molecule is COCCCOc1ccc(-c2ccc(C(C)(C)NC(=O)NC3(C)CN4CCC3CC4)cc2)cc1. The fraction of sp³-hybridized carbons (Fsp3) is 0.536. The van der Waals surface area contributed by atoms with Gasteiger partial charge in [0.25, 0.3) is 0 Å². The zero-order chi connectivity index (χ0) is 24.2. The van der Waals surface area contributed by atoms with Gasteiger partial charge in [0.1, 0.15) is 5.75 Å². The number of ether oxygens (including phenoxy) is 2. The lowest BCUT2D eigenvalue weighted by Gasteiger charge is -2.52. The fourth-order valence-corrected chi connectivity index (χ4v) is 5.33. The number of nitrogens with one attached hydrogen (secondary N) is 2. The van der Waals surface area contributed by atoms with Gasteiger partial charge in [0, 0.05) is 26.7 Å². The Hall–Kier alpha value is -2.57. The minimum atomic E-state index is -0.479. The number of nitrogens with zero attached hydrogens (tertiary/aromatic N) is 1. The number of fused-ring (bicyclic) bond motifs is 3. The molecule has 2 N–H and O–H groups in total. The van der Waals surface area contributed by atoms with Crippen LogP contribution in [0.1, 0.15) is 45.6 Å². The normalized spacial score (nSPS) is 24.0. The Balaban J connectivity index is 1.34. The second-order valence-corrected chi connectivity index (χ2v) is 10.5. The minimum Gasteiger partial charge on any atom is -0.494 e. The van der Waals surface area contributed by atoms with Crippen LogP contribution < -0.4 is 15.4 Å². The van der Waals surface area contributed by atoms with E-state index in [9.17, 15) is 4.79 Å². The molecule has 0 aliphatic carbocycles. The molecule has 6 heteroatoms. The third-order valence-corrected chi connectivity index (χ3v) is 7.42. The van der Waals surface area contributed by atoms with Gasteiger partial charge >= 0.3 is 6.03 Å². The van der Waals surface area contributed by atoms with Crippen molar-refractivity contribution < 1.29 is 14.3 Å². The van der Waals surface area contributed by atoms with Crippen molar-refractivity contribution in [2.24, 2.45) is 5.92 Å². The highest BCUT2D eigenvalue weighted by Gasteiger charge is 2.44. The summed E-state index contributed by atoms with van der Waals surface area (Å²) >= 11 is 0. The van der Waals surface area contributed by atoms with Gasteiger partial charge in [0.05, 0.1) is 17.7 Å². The third kappa shape index (κ3) is 5.73. The molecule has 5 rings (SSSR count). The maximum atomic E-state index is 13.0. The van der Waals surface area contributed by atoms with Gasteiger partial charge in [-0.05, 0) is 81.4 Å². The van der Waals surface area contributed by atoms with Crippen LogP contribution in [0.25, 0.3) is 11.1 Å². The average Bonchev–Trinajstić information content (AvgIpc) is 2.82. The summed E-state index contributed by atoms with van der Waals surface area (Å²) in [6.45, 7) is 10.9. The van der Waals surface area contributed by atoms with Crippen molar-refractivity contribution in [3.63, 3.8) is 0 Å². The Labute approximate surface area is 204 Å². The highest BCUT2D eigenvalue weighted by atomic mass is 16.5. The first-order valence-electron chi connectivity index (χ1n) is 12.4.